The van der Waals surface area contributed by atoms with E-state index in [1.165, 1.54) is 11.1 Å². The first-order chi connectivity index (χ1) is 8.75. The first kappa shape index (κ1) is 12.8. The number of nitrogens with zero attached hydrogens (tertiary/aromatic N) is 1. The van der Waals surface area contributed by atoms with Crippen molar-refractivity contribution in [2.45, 2.75) is 12.6 Å². The topological polar surface area (TPSA) is 29.3 Å². The lowest BCUT2D eigenvalue weighted by Gasteiger charge is -2.21. The highest BCUT2D eigenvalue weighted by Gasteiger charge is 2.08. The predicted molar refractivity (Wildman–Crippen MR) is 76.1 cm³/mol. The maximum absolute atomic E-state index is 6.21. The van der Waals surface area contributed by atoms with E-state index >= 15 is 0 Å². The standard InChI is InChI=1S/C16H20N2/c1-18(12-14-8-4-2-5-9-14)13-16(17)15-10-6-3-7-11-15/h2-11,16H,12-13,17H2,1H3/t16-/m1/s1. The number of nitrogens with two attached hydrogens (primary N) is 1. The van der Waals surface area contributed by atoms with Gasteiger partial charge in [0.05, 0.1) is 0 Å². The van der Waals surface area contributed by atoms with Gasteiger partial charge < -0.3 is 10.6 Å². The molecule has 2 nitrogen and oxygen atoms in total. The number of rotatable bonds is 5. The van der Waals surface area contributed by atoms with Gasteiger partial charge in [-0.05, 0) is 18.2 Å². The van der Waals surface area contributed by atoms with Gasteiger partial charge in [0.1, 0.15) is 0 Å². The first-order valence-electron chi connectivity index (χ1n) is 6.28. The smallest absolute Gasteiger partial charge is 0.0424 e. The van der Waals surface area contributed by atoms with Gasteiger partial charge in [-0.1, -0.05) is 60.7 Å². The van der Waals surface area contributed by atoms with Gasteiger partial charge in [0, 0.05) is 19.1 Å². The number of hydrogen-bond donors (Lipinski definition) is 1. The molecule has 0 heterocycles. The van der Waals surface area contributed by atoms with Gasteiger partial charge in [0.15, 0.2) is 0 Å². The molecule has 2 heteroatoms. The Morgan fingerprint density at radius 2 is 1.50 bits per heavy atom. The van der Waals surface area contributed by atoms with Crippen molar-refractivity contribution in [3.05, 3.63) is 71.8 Å². The summed E-state index contributed by atoms with van der Waals surface area (Å²) >= 11 is 0. The quantitative estimate of drug-likeness (QED) is 0.870. The van der Waals surface area contributed by atoms with E-state index in [0.717, 1.165) is 13.1 Å². The third kappa shape index (κ3) is 3.69. The fourth-order valence-corrected chi connectivity index (χ4v) is 2.10. The minimum Gasteiger partial charge on any atom is -0.323 e. The Morgan fingerprint density at radius 3 is 2.11 bits per heavy atom. The van der Waals surface area contributed by atoms with Gasteiger partial charge in [-0.25, -0.2) is 0 Å². The van der Waals surface area contributed by atoms with Crippen molar-refractivity contribution < 1.29 is 0 Å². The molecule has 0 aliphatic carbocycles. The van der Waals surface area contributed by atoms with Gasteiger partial charge in [0.2, 0.25) is 0 Å². The van der Waals surface area contributed by atoms with E-state index in [9.17, 15) is 0 Å². The zero-order valence-corrected chi connectivity index (χ0v) is 10.8. The molecule has 0 aliphatic rings. The average Bonchev–Trinajstić information content (AvgIpc) is 2.40. The van der Waals surface area contributed by atoms with Crippen LogP contribution in [0.25, 0.3) is 0 Å². The van der Waals surface area contributed by atoms with Crippen LogP contribution in [0.4, 0.5) is 0 Å². The van der Waals surface area contributed by atoms with Gasteiger partial charge in [-0.2, -0.15) is 0 Å². The molecule has 94 valence electrons. The van der Waals surface area contributed by atoms with E-state index in [4.69, 9.17) is 5.73 Å². The van der Waals surface area contributed by atoms with E-state index in [-0.39, 0.29) is 6.04 Å². The Morgan fingerprint density at radius 1 is 0.944 bits per heavy atom. The number of benzene rings is 2. The Balaban J connectivity index is 1.90. The Labute approximate surface area is 109 Å². The summed E-state index contributed by atoms with van der Waals surface area (Å²) in [5, 5.41) is 0. The molecular weight excluding hydrogens is 220 g/mol. The largest absolute Gasteiger partial charge is 0.323 e. The lowest BCUT2D eigenvalue weighted by Crippen LogP contribution is -2.28. The molecular formula is C16H20N2. The second kappa shape index (κ2) is 6.34. The predicted octanol–water partition coefficient (Wildman–Crippen LogP) is 2.82. The van der Waals surface area contributed by atoms with Crippen molar-refractivity contribution in [1.29, 1.82) is 0 Å². The molecule has 0 fully saturated rings. The van der Waals surface area contributed by atoms with E-state index in [0.29, 0.717) is 0 Å². The SMILES string of the molecule is CN(Cc1ccccc1)C[C@@H](N)c1ccccc1. The van der Waals surface area contributed by atoms with Crippen molar-refractivity contribution in [2.75, 3.05) is 13.6 Å². The minimum atomic E-state index is 0.0694. The Bertz CT molecular complexity index is 453. The van der Waals surface area contributed by atoms with Crippen LogP contribution in [0.2, 0.25) is 0 Å². The summed E-state index contributed by atoms with van der Waals surface area (Å²) in [4.78, 5) is 2.26. The second-order valence-electron chi connectivity index (χ2n) is 4.70. The maximum atomic E-state index is 6.21. The van der Waals surface area contributed by atoms with Crippen molar-refractivity contribution >= 4 is 0 Å². The van der Waals surface area contributed by atoms with Crippen LogP contribution in [0.1, 0.15) is 17.2 Å². The molecule has 2 aromatic rings. The third-order valence-electron chi connectivity index (χ3n) is 3.03. The summed E-state index contributed by atoms with van der Waals surface area (Å²) in [6, 6.07) is 20.8. The molecule has 0 radical (unpaired) electrons. The van der Waals surface area contributed by atoms with Gasteiger partial charge in [-0.3, -0.25) is 0 Å². The molecule has 2 N–H and O–H groups in total. The van der Waals surface area contributed by atoms with E-state index in [1.807, 2.05) is 24.3 Å². The highest BCUT2D eigenvalue weighted by atomic mass is 15.1. The highest BCUT2D eigenvalue weighted by molar-refractivity contribution is 5.19. The molecule has 0 unspecified atom stereocenters. The molecule has 0 amide bonds. The van der Waals surface area contributed by atoms with Crippen molar-refractivity contribution in [3.8, 4) is 0 Å². The van der Waals surface area contributed by atoms with Crippen molar-refractivity contribution in [3.63, 3.8) is 0 Å². The van der Waals surface area contributed by atoms with Crippen LogP contribution in [0.15, 0.2) is 60.7 Å². The van der Waals surface area contributed by atoms with Gasteiger partial charge in [0.25, 0.3) is 0 Å². The molecule has 0 saturated carbocycles. The molecule has 18 heavy (non-hydrogen) atoms. The minimum absolute atomic E-state index is 0.0694. The van der Waals surface area contributed by atoms with Crippen LogP contribution in [0.3, 0.4) is 0 Å². The molecule has 1 atom stereocenters. The zero-order chi connectivity index (χ0) is 12.8. The highest BCUT2D eigenvalue weighted by Crippen LogP contribution is 2.12. The Kier molecular flexibility index (Phi) is 4.51. The third-order valence-corrected chi connectivity index (χ3v) is 3.03. The first-order valence-corrected chi connectivity index (χ1v) is 6.28. The summed E-state index contributed by atoms with van der Waals surface area (Å²) in [7, 11) is 2.11. The lowest BCUT2D eigenvalue weighted by atomic mass is 10.1. The fraction of sp³-hybridized carbons (Fsp3) is 0.250. The maximum Gasteiger partial charge on any atom is 0.0424 e. The molecule has 0 aliphatic heterocycles. The van der Waals surface area contributed by atoms with Crippen LogP contribution in [0.5, 0.6) is 0 Å². The van der Waals surface area contributed by atoms with Gasteiger partial charge >= 0.3 is 0 Å². The number of hydrogen-bond acceptors (Lipinski definition) is 2. The molecule has 0 bridgehead atoms. The zero-order valence-electron chi connectivity index (χ0n) is 10.8. The Hall–Kier alpha value is -1.64. The second-order valence-corrected chi connectivity index (χ2v) is 4.70. The number of likely N-dealkylation sites (N-methyl/N-ethyl adjacent to an activating group) is 1. The normalized spacial score (nSPS) is 12.6. The summed E-state index contributed by atoms with van der Waals surface area (Å²) < 4.78 is 0. The van der Waals surface area contributed by atoms with Gasteiger partial charge in [-0.15, -0.1) is 0 Å². The summed E-state index contributed by atoms with van der Waals surface area (Å²) in [5.41, 5.74) is 8.72. The van der Waals surface area contributed by atoms with Crippen LogP contribution in [-0.2, 0) is 6.54 Å². The molecule has 0 aromatic heterocycles. The molecule has 2 aromatic carbocycles. The van der Waals surface area contributed by atoms with E-state index < -0.39 is 0 Å². The van der Waals surface area contributed by atoms with Crippen LogP contribution >= 0.6 is 0 Å². The molecule has 2 rings (SSSR count). The summed E-state index contributed by atoms with van der Waals surface area (Å²) in [6.07, 6.45) is 0. The molecule has 0 saturated heterocycles. The van der Waals surface area contributed by atoms with Crippen molar-refractivity contribution in [1.82, 2.24) is 4.90 Å². The monoisotopic (exact) mass is 240 g/mol. The van der Waals surface area contributed by atoms with Crippen LogP contribution in [0, 0.1) is 0 Å². The van der Waals surface area contributed by atoms with Crippen LogP contribution < -0.4 is 5.73 Å². The van der Waals surface area contributed by atoms with E-state index in [2.05, 4.69) is 48.3 Å². The van der Waals surface area contributed by atoms with Crippen molar-refractivity contribution in [2.24, 2.45) is 5.73 Å². The van der Waals surface area contributed by atoms with Crippen LogP contribution in [-0.4, -0.2) is 18.5 Å². The summed E-state index contributed by atoms with van der Waals surface area (Å²) in [6.45, 7) is 1.79. The molecule has 0 spiro atoms. The summed E-state index contributed by atoms with van der Waals surface area (Å²) in [5.74, 6) is 0. The lowest BCUT2D eigenvalue weighted by molar-refractivity contribution is 0.305. The average molecular weight is 240 g/mol. The van der Waals surface area contributed by atoms with E-state index in [1.54, 1.807) is 0 Å². The fourth-order valence-electron chi connectivity index (χ4n) is 2.10.